The first-order valence-corrected chi connectivity index (χ1v) is 8.34. The summed E-state index contributed by atoms with van der Waals surface area (Å²) in [5.41, 5.74) is 1.91. The predicted octanol–water partition coefficient (Wildman–Crippen LogP) is 2.20. The summed E-state index contributed by atoms with van der Waals surface area (Å²) in [5.74, 6) is -0.700. The number of carbonyl (C=O) groups is 2. The fraction of sp³-hybridized carbons (Fsp3) is 0.438. The second-order valence-electron chi connectivity index (χ2n) is 5.33. The Labute approximate surface area is 139 Å². The van der Waals surface area contributed by atoms with Gasteiger partial charge in [-0.3, -0.25) is 14.3 Å². The standard InChI is InChI=1S/C16H21N3O3S/c1-11-9-12(2)19(18-11)7-6-15(20)22-13(3)16(21)17-10-14-5-4-8-23-14/h4-5,8-9,13H,6-7,10H2,1-3H3,(H,17,21). The molecule has 0 saturated heterocycles. The Morgan fingerprint density at radius 2 is 2.22 bits per heavy atom. The van der Waals surface area contributed by atoms with Gasteiger partial charge in [0.15, 0.2) is 6.10 Å². The number of hydrogen-bond donors (Lipinski definition) is 1. The Bertz CT molecular complexity index is 664. The zero-order valence-corrected chi connectivity index (χ0v) is 14.4. The first-order valence-electron chi connectivity index (χ1n) is 7.46. The molecule has 1 amide bonds. The summed E-state index contributed by atoms with van der Waals surface area (Å²) in [5, 5.41) is 8.99. The second-order valence-corrected chi connectivity index (χ2v) is 6.36. The highest BCUT2D eigenvalue weighted by Crippen LogP contribution is 2.08. The molecule has 1 N–H and O–H groups in total. The summed E-state index contributed by atoms with van der Waals surface area (Å²) < 4.78 is 6.92. The summed E-state index contributed by atoms with van der Waals surface area (Å²) >= 11 is 1.57. The van der Waals surface area contributed by atoms with E-state index in [2.05, 4.69) is 10.4 Å². The Hall–Kier alpha value is -2.15. The molecule has 2 rings (SSSR count). The van der Waals surface area contributed by atoms with Crippen molar-refractivity contribution in [1.29, 1.82) is 0 Å². The van der Waals surface area contributed by atoms with Crippen molar-refractivity contribution in [3.63, 3.8) is 0 Å². The van der Waals surface area contributed by atoms with Crippen LogP contribution in [-0.4, -0.2) is 27.8 Å². The van der Waals surface area contributed by atoms with Gasteiger partial charge in [0.1, 0.15) is 0 Å². The number of nitrogens with zero attached hydrogens (tertiary/aromatic N) is 2. The highest BCUT2D eigenvalue weighted by molar-refractivity contribution is 7.09. The van der Waals surface area contributed by atoms with Crippen molar-refractivity contribution in [3.05, 3.63) is 39.8 Å². The summed E-state index contributed by atoms with van der Waals surface area (Å²) in [6, 6.07) is 5.82. The zero-order chi connectivity index (χ0) is 16.8. The second kappa shape index (κ2) is 7.92. The number of amides is 1. The smallest absolute Gasteiger partial charge is 0.308 e. The van der Waals surface area contributed by atoms with E-state index in [4.69, 9.17) is 4.74 Å². The highest BCUT2D eigenvalue weighted by Gasteiger charge is 2.17. The van der Waals surface area contributed by atoms with Gasteiger partial charge in [-0.25, -0.2) is 0 Å². The van der Waals surface area contributed by atoms with Crippen molar-refractivity contribution in [3.8, 4) is 0 Å². The van der Waals surface area contributed by atoms with E-state index in [1.54, 1.807) is 22.9 Å². The molecule has 6 nitrogen and oxygen atoms in total. The van der Waals surface area contributed by atoms with Crippen LogP contribution in [0.5, 0.6) is 0 Å². The lowest BCUT2D eigenvalue weighted by atomic mass is 10.3. The van der Waals surface area contributed by atoms with Gasteiger partial charge in [0.25, 0.3) is 5.91 Å². The van der Waals surface area contributed by atoms with Crippen molar-refractivity contribution in [2.75, 3.05) is 0 Å². The van der Waals surface area contributed by atoms with E-state index >= 15 is 0 Å². The maximum Gasteiger partial charge on any atom is 0.308 e. The molecule has 2 aromatic rings. The minimum absolute atomic E-state index is 0.185. The molecule has 0 radical (unpaired) electrons. The van der Waals surface area contributed by atoms with E-state index in [-0.39, 0.29) is 12.3 Å². The Morgan fingerprint density at radius 1 is 1.43 bits per heavy atom. The third-order valence-corrected chi connectivity index (χ3v) is 4.20. The molecule has 1 unspecified atom stereocenters. The number of esters is 1. The van der Waals surface area contributed by atoms with Crippen molar-refractivity contribution in [2.24, 2.45) is 0 Å². The predicted molar refractivity (Wildman–Crippen MR) is 88.0 cm³/mol. The third kappa shape index (κ3) is 5.21. The maximum absolute atomic E-state index is 11.9. The van der Waals surface area contributed by atoms with Gasteiger partial charge in [-0.2, -0.15) is 5.10 Å². The molecule has 0 aliphatic carbocycles. The van der Waals surface area contributed by atoms with E-state index in [1.807, 2.05) is 37.4 Å². The number of ether oxygens (including phenoxy) is 1. The van der Waals surface area contributed by atoms with Crippen molar-refractivity contribution in [2.45, 2.75) is 46.4 Å². The Morgan fingerprint density at radius 3 is 2.83 bits per heavy atom. The molecule has 0 aromatic carbocycles. The lowest BCUT2D eigenvalue weighted by Crippen LogP contribution is -2.35. The maximum atomic E-state index is 11.9. The molecule has 0 bridgehead atoms. The van der Waals surface area contributed by atoms with E-state index < -0.39 is 12.1 Å². The monoisotopic (exact) mass is 335 g/mol. The van der Waals surface area contributed by atoms with Gasteiger partial charge in [0.2, 0.25) is 0 Å². The van der Waals surface area contributed by atoms with E-state index in [0.29, 0.717) is 13.1 Å². The van der Waals surface area contributed by atoms with Crippen LogP contribution in [0.4, 0.5) is 0 Å². The Kier molecular flexibility index (Phi) is 5.92. The molecular formula is C16H21N3O3S. The summed E-state index contributed by atoms with van der Waals surface area (Å²) in [6.45, 7) is 6.31. The van der Waals surface area contributed by atoms with Crippen LogP contribution in [-0.2, 0) is 27.4 Å². The molecule has 0 saturated carbocycles. The topological polar surface area (TPSA) is 73.2 Å². The van der Waals surface area contributed by atoms with E-state index in [9.17, 15) is 9.59 Å². The molecule has 1 atom stereocenters. The van der Waals surface area contributed by atoms with Crippen LogP contribution < -0.4 is 5.32 Å². The fourth-order valence-electron chi connectivity index (χ4n) is 2.14. The minimum atomic E-state index is -0.803. The summed E-state index contributed by atoms with van der Waals surface area (Å²) in [4.78, 5) is 24.8. The molecule has 2 heterocycles. The molecule has 0 spiro atoms. The van der Waals surface area contributed by atoms with Crippen molar-refractivity contribution in [1.82, 2.24) is 15.1 Å². The zero-order valence-electron chi connectivity index (χ0n) is 13.5. The van der Waals surface area contributed by atoms with Crippen LogP contribution in [0.3, 0.4) is 0 Å². The van der Waals surface area contributed by atoms with Crippen LogP contribution >= 0.6 is 11.3 Å². The normalized spacial score (nSPS) is 12.0. The van der Waals surface area contributed by atoms with Gasteiger partial charge >= 0.3 is 5.97 Å². The number of rotatable bonds is 7. The number of aromatic nitrogens is 2. The molecular weight excluding hydrogens is 314 g/mol. The van der Waals surface area contributed by atoms with Gasteiger partial charge in [0.05, 0.1) is 25.2 Å². The average Bonchev–Trinajstić information content (AvgIpc) is 3.12. The van der Waals surface area contributed by atoms with Gasteiger partial charge in [-0.15, -0.1) is 11.3 Å². The molecule has 0 fully saturated rings. The average molecular weight is 335 g/mol. The van der Waals surface area contributed by atoms with E-state index in [0.717, 1.165) is 16.3 Å². The van der Waals surface area contributed by atoms with Gasteiger partial charge in [-0.05, 0) is 38.3 Å². The lowest BCUT2D eigenvalue weighted by molar-refractivity contribution is -0.155. The number of aryl methyl sites for hydroxylation is 3. The first-order chi connectivity index (χ1) is 11.0. The van der Waals surface area contributed by atoms with Crippen LogP contribution in [0.15, 0.2) is 23.6 Å². The fourth-order valence-corrected chi connectivity index (χ4v) is 2.78. The first kappa shape index (κ1) is 17.2. The SMILES string of the molecule is Cc1cc(C)n(CCC(=O)OC(C)C(=O)NCc2cccs2)n1. The number of hydrogen-bond acceptors (Lipinski definition) is 5. The quantitative estimate of drug-likeness (QED) is 0.787. The van der Waals surface area contributed by atoms with Crippen LogP contribution in [0.2, 0.25) is 0 Å². The molecule has 7 heteroatoms. The van der Waals surface area contributed by atoms with Gasteiger partial charge in [0, 0.05) is 10.6 Å². The molecule has 0 aliphatic heterocycles. The van der Waals surface area contributed by atoms with Crippen LogP contribution in [0.25, 0.3) is 0 Å². The minimum Gasteiger partial charge on any atom is -0.452 e. The number of thiophene rings is 1. The number of carbonyl (C=O) groups excluding carboxylic acids is 2. The third-order valence-electron chi connectivity index (χ3n) is 3.33. The van der Waals surface area contributed by atoms with E-state index in [1.165, 1.54) is 0 Å². The molecule has 124 valence electrons. The van der Waals surface area contributed by atoms with Crippen molar-refractivity contribution >= 4 is 23.2 Å². The van der Waals surface area contributed by atoms with Gasteiger partial charge in [-0.1, -0.05) is 6.07 Å². The summed E-state index contributed by atoms with van der Waals surface area (Å²) in [6.07, 6.45) is -0.618. The lowest BCUT2D eigenvalue weighted by Gasteiger charge is -2.13. The van der Waals surface area contributed by atoms with Crippen LogP contribution in [0.1, 0.15) is 29.6 Å². The Balaban J connectivity index is 1.73. The molecule has 2 aromatic heterocycles. The van der Waals surface area contributed by atoms with Crippen LogP contribution in [0, 0.1) is 13.8 Å². The number of nitrogens with one attached hydrogen (secondary N) is 1. The summed E-state index contributed by atoms with van der Waals surface area (Å²) in [7, 11) is 0. The largest absolute Gasteiger partial charge is 0.452 e. The molecule has 0 aliphatic rings. The highest BCUT2D eigenvalue weighted by atomic mass is 32.1. The van der Waals surface area contributed by atoms with Crippen molar-refractivity contribution < 1.29 is 14.3 Å². The molecule has 23 heavy (non-hydrogen) atoms. The van der Waals surface area contributed by atoms with Gasteiger partial charge < -0.3 is 10.1 Å².